The number of hydrogen-bond acceptors (Lipinski definition) is 6. The molecule has 0 aromatic rings. The molecule has 0 aromatic carbocycles. The molecule has 3 aliphatic rings. The van der Waals surface area contributed by atoms with E-state index in [0.29, 0.717) is 25.9 Å². The lowest BCUT2D eigenvalue weighted by Crippen LogP contribution is -2.57. The van der Waals surface area contributed by atoms with Crippen molar-refractivity contribution in [2.24, 2.45) is 17.8 Å². The van der Waals surface area contributed by atoms with E-state index in [0.717, 1.165) is 25.7 Å². The van der Waals surface area contributed by atoms with E-state index in [9.17, 15) is 19.5 Å². The van der Waals surface area contributed by atoms with E-state index in [-0.39, 0.29) is 42.2 Å². The molecule has 3 heterocycles. The molecule has 7 nitrogen and oxygen atoms in total. The molecule has 0 aromatic heterocycles. The Kier molecular flexibility index (Phi) is 9.49. The van der Waals surface area contributed by atoms with Crippen LogP contribution in [0.1, 0.15) is 59.3 Å². The minimum atomic E-state index is -0.704. The lowest BCUT2D eigenvalue weighted by Gasteiger charge is -2.40. The predicted molar refractivity (Wildman–Crippen MR) is 139 cm³/mol. The first-order valence-electron chi connectivity index (χ1n) is 13.0. The van der Waals surface area contributed by atoms with Crippen LogP contribution in [-0.2, 0) is 19.1 Å². The van der Waals surface area contributed by atoms with Gasteiger partial charge in [0.05, 0.1) is 29.2 Å². The summed E-state index contributed by atoms with van der Waals surface area (Å²) in [6.45, 7) is 14.6. The number of likely N-dealkylation sites (tertiary alicyclic amines) is 1. The van der Waals surface area contributed by atoms with Crippen LogP contribution in [0.15, 0.2) is 25.3 Å². The van der Waals surface area contributed by atoms with Gasteiger partial charge in [-0.3, -0.25) is 14.4 Å². The smallest absolute Gasteiger partial charge is 0.311 e. The van der Waals surface area contributed by atoms with Crippen molar-refractivity contribution < 1.29 is 24.2 Å². The quantitative estimate of drug-likeness (QED) is 0.221. The van der Waals surface area contributed by atoms with Crippen molar-refractivity contribution in [2.45, 2.75) is 81.4 Å². The number of fused-ring (bicyclic) bond motifs is 1. The van der Waals surface area contributed by atoms with E-state index in [1.54, 1.807) is 22.7 Å². The Hall–Kier alpha value is -1.80. The van der Waals surface area contributed by atoms with Gasteiger partial charge in [-0.2, -0.15) is 0 Å². The molecule has 6 atom stereocenters. The average molecular weight is 507 g/mol. The van der Waals surface area contributed by atoms with Crippen molar-refractivity contribution in [3.63, 3.8) is 0 Å². The Balaban J connectivity index is 2.03. The molecule has 3 aliphatic heterocycles. The van der Waals surface area contributed by atoms with Crippen LogP contribution in [0.2, 0.25) is 0 Å². The molecule has 0 radical (unpaired) electrons. The number of unbranched alkanes of at least 4 members (excludes halogenated alkanes) is 2. The topological polar surface area (TPSA) is 87.2 Å². The molecule has 3 saturated heterocycles. The lowest BCUT2D eigenvalue weighted by atomic mass is 9.71. The molecule has 1 spiro atoms. The first kappa shape index (κ1) is 27.8. The number of carbonyl (C=O) groups is 3. The number of esters is 1. The molecule has 8 heteroatoms. The highest BCUT2D eigenvalue weighted by Gasteiger charge is 2.74. The second-order valence-corrected chi connectivity index (χ2v) is 12.1. The highest BCUT2D eigenvalue weighted by molar-refractivity contribution is 8.02. The number of aliphatic hydroxyl groups excluding tert-OH is 1. The van der Waals surface area contributed by atoms with Crippen molar-refractivity contribution in [3.05, 3.63) is 25.3 Å². The third kappa shape index (κ3) is 5.19. The minimum Gasteiger partial charge on any atom is -0.461 e. The highest BCUT2D eigenvalue weighted by atomic mass is 32.2. The van der Waals surface area contributed by atoms with Gasteiger partial charge in [0.15, 0.2) is 0 Å². The Morgan fingerprint density at radius 3 is 2.66 bits per heavy atom. The number of aliphatic hydroxyl groups is 1. The van der Waals surface area contributed by atoms with Crippen molar-refractivity contribution in [3.8, 4) is 0 Å². The van der Waals surface area contributed by atoms with E-state index in [2.05, 4.69) is 20.1 Å². The first-order chi connectivity index (χ1) is 16.8. The van der Waals surface area contributed by atoms with Crippen LogP contribution < -0.4 is 0 Å². The van der Waals surface area contributed by atoms with Gasteiger partial charge >= 0.3 is 5.97 Å². The second-order valence-electron chi connectivity index (χ2n) is 10.5. The monoisotopic (exact) mass is 506 g/mol. The second kappa shape index (κ2) is 12.0. The summed E-state index contributed by atoms with van der Waals surface area (Å²) in [6.07, 6.45) is 8.26. The molecule has 196 valence electrons. The van der Waals surface area contributed by atoms with Crippen molar-refractivity contribution in [2.75, 3.05) is 26.3 Å². The lowest BCUT2D eigenvalue weighted by molar-refractivity contribution is -0.153. The average Bonchev–Trinajstić information content (AvgIpc) is 3.47. The first-order valence-corrected chi connectivity index (χ1v) is 13.9. The summed E-state index contributed by atoms with van der Waals surface area (Å²) in [4.78, 5) is 44.9. The van der Waals surface area contributed by atoms with E-state index >= 15 is 0 Å². The van der Waals surface area contributed by atoms with Crippen LogP contribution in [0.4, 0.5) is 0 Å². The normalized spacial score (nSPS) is 29.9. The van der Waals surface area contributed by atoms with Gasteiger partial charge in [0, 0.05) is 18.3 Å². The number of nitrogens with zero attached hydrogens (tertiary/aromatic N) is 2. The molecule has 1 N–H and O–H groups in total. The highest BCUT2D eigenvalue weighted by Crippen LogP contribution is 2.67. The van der Waals surface area contributed by atoms with E-state index in [1.165, 1.54) is 6.08 Å². The van der Waals surface area contributed by atoms with Crippen LogP contribution >= 0.6 is 11.8 Å². The van der Waals surface area contributed by atoms with Gasteiger partial charge in [-0.1, -0.05) is 52.3 Å². The maximum absolute atomic E-state index is 14.2. The van der Waals surface area contributed by atoms with Gasteiger partial charge in [-0.15, -0.1) is 18.3 Å². The molecule has 35 heavy (non-hydrogen) atoms. The molecular weight excluding hydrogens is 464 g/mol. The van der Waals surface area contributed by atoms with Crippen molar-refractivity contribution >= 4 is 29.5 Å². The molecule has 3 rings (SSSR count). The van der Waals surface area contributed by atoms with Crippen LogP contribution in [0.25, 0.3) is 0 Å². The Morgan fingerprint density at radius 1 is 1.31 bits per heavy atom. The molecule has 0 saturated carbocycles. The summed E-state index contributed by atoms with van der Waals surface area (Å²) >= 11 is 1.63. The zero-order chi connectivity index (χ0) is 25.8. The molecular formula is C27H42N2O5S. The number of carbonyl (C=O) groups excluding carboxylic acids is 3. The van der Waals surface area contributed by atoms with Gasteiger partial charge in [0.25, 0.3) is 0 Å². The third-order valence-electron chi connectivity index (χ3n) is 7.63. The summed E-state index contributed by atoms with van der Waals surface area (Å²) in [5.74, 6) is -1.61. The van der Waals surface area contributed by atoms with Crippen LogP contribution in [0.5, 0.6) is 0 Å². The van der Waals surface area contributed by atoms with Crippen LogP contribution in [-0.4, -0.2) is 81.1 Å². The number of amides is 2. The van der Waals surface area contributed by atoms with E-state index in [4.69, 9.17) is 4.74 Å². The van der Waals surface area contributed by atoms with Crippen LogP contribution in [0.3, 0.4) is 0 Å². The fraction of sp³-hybridized carbons (Fsp3) is 0.741. The maximum atomic E-state index is 14.2. The zero-order valence-corrected chi connectivity index (χ0v) is 22.3. The summed E-state index contributed by atoms with van der Waals surface area (Å²) in [5.41, 5.74) is 0. The summed E-state index contributed by atoms with van der Waals surface area (Å²) in [7, 11) is 0. The van der Waals surface area contributed by atoms with Crippen molar-refractivity contribution in [1.29, 1.82) is 0 Å². The fourth-order valence-electron chi connectivity index (χ4n) is 6.26. The van der Waals surface area contributed by atoms with Gasteiger partial charge in [-0.05, 0) is 31.6 Å². The largest absolute Gasteiger partial charge is 0.461 e. The Labute approximate surface area is 214 Å². The van der Waals surface area contributed by atoms with E-state index < -0.39 is 28.7 Å². The fourth-order valence-corrected chi connectivity index (χ4v) is 8.45. The maximum Gasteiger partial charge on any atom is 0.311 e. The number of thioether (sulfide) groups is 1. The number of rotatable bonds is 14. The number of hydrogen-bond donors (Lipinski definition) is 1. The molecule has 2 amide bonds. The zero-order valence-electron chi connectivity index (χ0n) is 21.5. The van der Waals surface area contributed by atoms with Gasteiger partial charge in [0.2, 0.25) is 11.8 Å². The number of ether oxygens (including phenoxy) is 1. The third-order valence-corrected chi connectivity index (χ3v) is 9.58. The molecule has 3 fully saturated rings. The van der Waals surface area contributed by atoms with Crippen molar-refractivity contribution in [1.82, 2.24) is 9.80 Å². The Morgan fingerprint density at radius 2 is 2.06 bits per heavy atom. The summed E-state index contributed by atoms with van der Waals surface area (Å²) in [5, 5.41) is 10.3. The molecule has 2 unspecified atom stereocenters. The summed E-state index contributed by atoms with van der Waals surface area (Å²) < 4.78 is 4.74. The van der Waals surface area contributed by atoms with Crippen LogP contribution in [0, 0.1) is 17.8 Å². The van der Waals surface area contributed by atoms with E-state index in [1.807, 2.05) is 18.7 Å². The standard InChI is InChI=1S/C27H42N2O5S/c1-6-9-10-14-28(13-7-2)25(32)23-27-12-11-20(35-27)21(26(33)34-15-8-3)22(27)24(31)29(23)19(17-30)16-18(4)5/h7-8,18-23,30H,2-3,6,9-17H2,1,4-5H3/t19-,20+,21-,22+,23?,27?/m1/s1. The molecule has 0 aliphatic carbocycles. The summed E-state index contributed by atoms with van der Waals surface area (Å²) in [6, 6.07) is -1.17. The Bertz CT molecular complexity index is 817. The minimum absolute atomic E-state index is 0.0377. The predicted octanol–water partition coefficient (Wildman–Crippen LogP) is 3.42. The SMILES string of the molecule is C=CCOC(=O)[C@@H]1[C@@H]2CCC3(S2)C(C(=O)N(CC=C)CCCCC)N([C@@H](CO)CC(C)C)C(=O)[C@H]13. The van der Waals surface area contributed by atoms with Gasteiger partial charge in [0.1, 0.15) is 12.6 Å². The van der Waals surface area contributed by atoms with Gasteiger partial charge in [-0.25, -0.2) is 0 Å². The molecule has 2 bridgehead atoms. The van der Waals surface area contributed by atoms with Gasteiger partial charge < -0.3 is 19.6 Å².